The fraction of sp³-hybridized carbons (Fsp3) is 0.812. The Balaban J connectivity index is 2.72. The molecule has 1 aliphatic rings. The summed E-state index contributed by atoms with van der Waals surface area (Å²) in [5.74, 6) is -0.778. The highest BCUT2D eigenvalue weighted by atomic mass is 32.2. The van der Waals surface area contributed by atoms with Crippen LogP contribution in [0, 0.1) is 11.3 Å². The van der Waals surface area contributed by atoms with Crippen molar-refractivity contribution < 1.29 is 23.1 Å². The summed E-state index contributed by atoms with van der Waals surface area (Å²) in [5.41, 5.74) is 0.402. The van der Waals surface area contributed by atoms with Crippen LogP contribution in [0.5, 0.6) is 0 Å². The molecule has 128 valence electrons. The highest BCUT2D eigenvalue weighted by molar-refractivity contribution is 7.94. The van der Waals surface area contributed by atoms with Gasteiger partial charge in [-0.15, -0.1) is 0 Å². The Morgan fingerprint density at radius 3 is 2.50 bits per heavy atom. The van der Waals surface area contributed by atoms with Crippen molar-refractivity contribution in [2.75, 3.05) is 19.5 Å². The Labute approximate surface area is 133 Å². The molecule has 0 bridgehead atoms. The van der Waals surface area contributed by atoms with Crippen LogP contribution < -0.4 is 0 Å². The molecule has 0 radical (unpaired) electrons. The predicted molar refractivity (Wildman–Crippen MR) is 85.9 cm³/mol. The van der Waals surface area contributed by atoms with E-state index >= 15 is 0 Å². The van der Waals surface area contributed by atoms with Gasteiger partial charge >= 0.3 is 5.97 Å². The molecule has 0 saturated heterocycles. The monoisotopic (exact) mass is 332 g/mol. The second-order valence-electron chi connectivity index (χ2n) is 6.94. The normalized spacial score (nSPS) is 19.6. The van der Waals surface area contributed by atoms with Gasteiger partial charge in [-0.1, -0.05) is 32.8 Å². The van der Waals surface area contributed by atoms with E-state index in [-0.39, 0.29) is 25.6 Å². The van der Waals surface area contributed by atoms with Gasteiger partial charge in [-0.25, -0.2) is 8.42 Å². The molecule has 22 heavy (non-hydrogen) atoms. The number of unbranched alkanes of at least 4 members (excludes halogenated alkanes) is 1. The van der Waals surface area contributed by atoms with Gasteiger partial charge in [0.25, 0.3) is 0 Å². The first-order valence-corrected chi connectivity index (χ1v) is 9.68. The molecule has 0 fully saturated rings. The summed E-state index contributed by atoms with van der Waals surface area (Å²) in [6, 6.07) is 0. The molecule has 1 N–H and O–H groups in total. The number of aliphatic hydroxyl groups excluding tert-OH is 1. The van der Waals surface area contributed by atoms with Gasteiger partial charge in [0.2, 0.25) is 0 Å². The zero-order valence-electron chi connectivity index (χ0n) is 14.0. The Bertz CT molecular complexity index is 531. The lowest BCUT2D eigenvalue weighted by molar-refractivity contribution is -0.152. The number of aliphatic hydroxyl groups is 1. The Morgan fingerprint density at radius 2 is 2.00 bits per heavy atom. The lowest BCUT2D eigenvalue weighted by Crippen LogP contribution is -2.27. The van der Waals surface area contributed by atoms with Crippen molar-refractivity contribution in [1.29, 1.82) is 0 Å². The maximum Gasteiger partial charge on any atom is 0.309 e. The molecule has 0 aromatic rings. The zero-order chi connectivity index (χ0) is 17.0. The molecule has 1 aliphatic carbocycles. The first-order valence-electron chi connectivity index (χ1n) is 7.79. The maximum atomic E-state index is 12.2. The average Bonchev–Trinajstić information content (AvgIpc) is 2.87. The minimum Gasteiger partial charge on any atom is -0.465 e. The van der Waals surface area contributed by atoms with E-state index in [2.05, 4.69) is 6.92 Å². The minimum absolute atomic E-state index is 0.0699. The smallest absolute Gasteiger partial charge is 0.309 e. The maximum absolute atomic E-state index is 12.2. The quantitative estimate of drug-likeness (QED) is 0.691. The Kier molecular flexibility index (Phi) is 6.62. The molecular weight excluding hydrogens is 304 g/mol. The van der Waals surface area contributed by atoms with Crippen LogP contribution in [0.15, 0.2) is 10.5 Å². The van der Waals surface area contributed by atoms with Crippen LogP contribution >= 0.6 is 0 Å². The number of hydrogen-bond acceptors (Lipinski definition) is 5. The fourth-order valence-electron chi connectivity index (χ4n) is 2.49. The lowest BCUT2D eigenvalue weighted by atomic mass is 9.96. The Hall–Kier alpha value is -0.880. The summed E-state index contributed by atoms with van der Waals surface area (Å²) in [6.45, 7) is 5.73. The number of rotatable bonds is 8. The minimum atomic E-state index is -3.26. The number of carbonyl (C=O) groups is 1. The summed E-state index contributed by atoms with van der Waals surface area (Å²) >= 11 is 0. The lowest BCUT2D eigenvalue weighted by Gasteiger charge is -2.22. The molecule has 0 aliphatic heterocycles. The van der Waals surface area contributed by atoms with Gasteiger partial charge in [0.15, 0.2) is 9.84 Å². The third-order valence-corrected chi connectivity index (χ3v) is 5.32. The Morgan fingerprint density at radius 1 is 1.36 bits per heavy atom. The SMILES string of the molecule is CCCCC1=C(S(C)(=O)=O)CC(C(=O)OCC(C)(C)CO)C1. The summed E-state index contributed by atoms with van der Waals surface area (Å²) in [7, 11) is -3.26. The predicted octanol–water partition coefficient (Wildman–Crippen LogP) is 2.45. The standard InChI is InChI=1S/C16H28O5S/c1-5-6-7-12-8-13(9-14(12)22(4,19)20)15(18)21-11-16(2,3)10-17/h13,17H,5-11H2,1-4H3. The third-order valence-electron chi connectivity index (χ3n) is 3.97. The number of carbonyl (C=O) groups excluding carboxylic acids is 1. The highest BCUT2D eigenvalue weighted by Gasteiger charge is 2.35. The first kappa shape index (κ1) is 19.2. The van der Waals surface area contributed by atoms with Crippen LogP contribution in [-0.2, 0) is 19.4 Å². The molecule has 0 aromatic carbocycles. The topological polar surface area (TPSA) is 80.7 Å². The second-order valence-corrected chi connectivity index (χ2v) is 8.97. The van der Waals surface area contributed by atoms with Gasteiger partial charge in [-0.2, -0.15) is 0 Å². The van der Waals surface area contributed by atoms with E-state index in [1.807, 2.05) is 13.8 Å². The molecule has 0 spiro atoms. The second kappa shape index (κ2) is 7.59. The molecular formula is C16H28O5S. The summed E-state index contributed by atoms with van der Waals surface area (Å²) in [6.07, 6.45) is 4.56. The van der Waals surface area contributed by atoms with Crippen LogP contribution in [0.2, 0.25) is 0 Å². The largest absolute Gasteiger partial charge is 0.465 e. The summed E-state index contributed by atoms with van der Waals surface area (Å²) in [5, 5.41) is 9.18. The number of allylic oxidation sites excluding steroid dienone is 2. The van der Waals surface area contributed by atoms with E-state index in [1.165, 1.54) is 6.26 Å². The van der Waals surface area contributed by atoms with Gasteiger partial charge < -0.3 is 9.84 Å². The number of sulfone groups is 1. The van der Waals surface area contributed by atoms with Crippen LogP contribution in [-0.4, -0.2) is 39.0 Å². The number of ether oxygens (including phenoxy) is 1. The van der Waals surface area contributed by atoms with Gasteiger partial charge in [-0.3, -0.25) is 4.79 Å². The molecule has 0 aromatic heterocycles. The zero-order valence-corrected chi connectivity index (χ0v) is 14.8. The number of hydrogen-bond donors (Lipinski definition) is 1. The molecule has 1 rings (SSSR count). The van der Waals surface area contributed by atoms with Crippen LogP contribution in [0.3, 0.4) is 0 Å². The molecule has 5 nitrogen and oxygen atoms in total. The number of esters is 1. The van der Waals surface area contributed by atoms with Crippen molar-refractivity contribution in [3.05, 3.63) is 10.5 Å². The van der Waals surface area contributed by atoms with E-state index in [0.29, 0.717) is 11.3 Å². The molecule has 1 unspecified atom stereocenters. The molecule has 6 heteroatoms. The van der Waals surface area contributed by atoms with Crippen molar-refractivity contribution in [3.63, 3.8) is 0 Å². The first-order chi connectivity index (χ1) is 10.1. The summed E-state index contributed by atoms with van der Waals surface area (Å²) in [4.78, 5) is 12.6. The third kappa shape index (κ3) is 5.39. The van der Waals surface area contributed by atoms with Gasteiger partial charge in [0.1, 0.15) is 0 Å². The average molecular weight is 332 g/mol. The van der Waals surface area contributed by atoms with E-state index in [0.717, 1.165) is 24.8 Å². The van der Waals surface area contributed by atoms with E-state index in [4.69, 9.17) is 4.74 Å². The van der Waals surface area contributed by atoms with Crippen molar-refractivity contribution in [3.8, 4) is 0 Å². The molecule has 1 atom stereocenters. The van der Waals surface area contributed by atoms with Crippen molar-refractivity contribution in [2.45, 2.75) is 52.9 Å². The van der Waals surface area contributed by atoms with Crippen molar-refractivity contribution >= 4 is 15.8 Å². The van der Waals surface area contributed by atoms with Crippen molar-refractivity contribution in [1.82, 2.24) is 0 Å². The molecule has 0 amide bonds. The van der Waals surface area contributed by atoms with Gasteiger partial charge in [0, 0.05) is 16.6 Å². The van der Waals surface area contributed by atoms with Gasteiger partial charge in [0.05, 0.1) is 19.1 Å². The van der Waals surface area contributed by atoms with E-state index in [1.54, 1.807) is 0 Å². The van der Waals surface area contributed by atoms with Crippen LogP contribution in [0.1, 0.15) is 52.9 Å². The van der Waals surface area contributed by atoms with Crippen molar-refractivity contribution in [2.24, 2.45) is 11.3 Å². The van der Waals surface area contributed by atoms with E-state index in [9.17, 15) is 18.3 Å². The van der Waals surface area contributed by atoms with Crippen LogP contribution in [0.25, 0.3) is 0 Å². The highest BCUT2D eigenvalue weighted by Crippen LogP contribution is 2.38. The fourth-order valence-corrected chi connectivity index (χ4v) is 3.71. The molecule has 0 heterocycles. The van der Waals surface area contributed by atoms with Crippen LogP contribution in [0.4, 0.5) is 0 Å². The summed E-state index contributed by atoms with van der Waals surface area (Å²) < 4.78 is 29.1. The molecule has 0 saturated carbocycles. The van der Waals surface area contributed by atoms with Gasteiger partial charge in [-0.05, 0) is 25.7 Å². The van der Waals surface area contributed by atoms with E-state index < -0.39 is 21.2 Å².